The van der Waals surface area contributed by atoms with E-state index in [0.717, 1.165) is 16.7 Å². The van der Waals surface area contributed by atoms with Gasteiger partial charge in [-0.15, -0.1) is 0 Å². The molecule has 0 spiro atoms. The van der Waals surface area contributed by atoms with Crippen molar-refractivity contribution in [3.8, 4) is 11.5 Å². The summed E-state index contributed by atoms with van der Waals surface area (Å²) in [6, 6.07) is 3.86. The first-order valence-corrected chi connectivity index (χ1v) is 9.01. The normalized spacial score (nSPS) is 16.5. The molecule has 1 aliphatic heterocycles. The lowest BCUT2D eigenvalue weighted by atomic mass is 10.1. The van der Waals surface area contributed by atoms with Crippen molar-refractivity contribution in [2.45, 2.75) is 18.9 Å². The molecule has 0 aromatic heterocycles. The van der Waals surface area contributed by atoms with Gasteiger partial charge < -0.3 is 20.3 Å². The van der Waals surface area contributed by atoms with Crippen molar-refractivity contribution in [1.82, 2.24) is 4.90 Å². The fraction of sp³-hybridized carbons (Fsp3) is 0.294. The molecule has 0 aliphatic carbocycles. The molecule has 0 saturated carbocycles. The molecule has 1 unspecified atom stereocenters. The van der Waals surface area contributed by atoms with E-state index in [1.54, 1.807) is 24.3 Å². The zero-order valence-corrected chi connectivity index (χ0v) is 16.3. The summed E-state index contributed by atoms with van der Waals surface area (Å²) in [4.78, 5) is 36.5. The second-order valence-electron chi connectivity index (χ2n) is 5.53. The van der Waals surface area contributed by atoms with Crippen LogP contribution in [0.3, 0.4) is 0 Å². The number of rotatable bonds is 8. The average Bonchev–Trinajstić information content (AvgIpc) is 2.89. The highest BCUT2D eigenvalue weighted by molar-refractivity contribution is 8.26. The lowest BCUT2D eigenvalue weighted by Crippen LogP contribution is -2.44. The van der Waals surface area contributed by atoms with Gasteiger partial charge in [-0.1, -0.05) is 30.0 Å². The zero-order valence-electron chi connectivity index (χ0n) is 14.6. The number of nitrogens with two attached hydrogens (primary N) is 1. The Labute approximate surface area is 165 Å². The van der Waals surface area contributed by atoms with E-state index < -0.39 is 23.8 Å². The van der Waals surface area contributed by atoms with Gasteiger partial charge in [0.1, 0.15) is 10.4 Å². The van der Waals surface area contributed by atoms with Gasteiger partial charge in [-0.3, -0.25) is 14.5 Å². The molecule has 1 aromatic carbocycles. The quantitative estimate of drug-likeness (QED) is 0.490. The maximum absolute atomic E-state index is 12.7. The Balaban J connectivity index is 2.30. The Hall–Kier alpha value is -2.59. The summed E-state index contributed by atoms with van der Waals surface area (Å²) in [6.45, 7) is 0. The Bertz CT molecular complexity index is 824. The van der Waals surface area contributed by atoms with Crippen LogP contribution in [0.25, 0.3) is 6.08 Å². The molecular weight excluding hydrogens is 392 g/mol. The fourth-order valence-electron chi connectivity index (χ4n) is 2.48. The van der Waals surface area contributed by atoms with E-state index in [1.807, 2.05) is 0 Å². The predicted octanol–water partition coefficient (Wildman–Crippen LogP) is 1.62. The number of carboxylic acids is 1. The summed E-state index contributed by atoms with van der Waals surface area (Å²) in [5, 5.41) is 9.42. The lowest BCUT2D eigenvalue weighted by molar-refractivity contribution is -0.145. The molecule has 3 N–H and O–H groups in total. The van der Waals surface area contributed by atoms with Crippen LogP contribution in [0.2, 0.25) is 0 Å². The van der Waals surface area contributed by atoms with Crippen LogP contribution in [0, 0.1) is 0 Å². The van der Waals surface area contributed by atoms with Crippen molar-refractivity contribution in [2.75, 3.05) is 14.2 Å². The van der Waals surface area contributed by atoms with E-state index in [1.165, 1.54) is 14.2 Å². The summed E-state index contributed by atoms with van der Waals surface area (Å²) >= 11 is 6.17. The van der Waals surface area contributed by atoms with Crippen LogP contribution >= 0.6 is 24.0 Å². The third kappa shape index (κ3) is 4.77. The van der Waals surface area contributed by atoms with Crippen molar-refractivity contribution >= 4 is 52.2 Å². The number of carbonyl (C=O) groups is 3. The Morgan fingerprint density at radius 2 is 2.00 bits per heavy atom. The molecule has 0 radical (unpaired) electrons. The SMILES string of the molecule is COc1ccc(/C=C2\SC(=S)N(C(CCC(N)=O)C(=O)O)C2=O)cc1OC. The maximum atomic E-state index is 12.7. The molecule has 27 heavy (non-hydrogen) atoms. The Morgan fingerprint density at radius 1 is 1.33 bits per heavy atom. The maximum Gasteiger partial charge on any atom is 0.326 e. The van der Waals surface area contributed by atoms with Crippen molar-refractivity contribution < 1.29 is 29.0 Å². The minimum atomic E-state index is -1.25. The van der Waals surface area contributed by atoms with Crippen LogP contribution in [-0.2, 0) is 14.4 Å². The van der Waals surface area contributed by atoms with Crippen molar-refractivity contribution in [3.05, 3.63) is 28.7 Å². The third-order valence-corrected chi connectivity index (χ3v) is 5.12. The summed E-state index contributed by atoms with van der Waals surface area (Å²) in [5.41, 5.74) is 5.75. The Morgan fingerprint density at radius 3 is 2.56 bits per heavy atom. The number of thiocarbonyl (C=S) groups is 1. The standard InChI is InChI=1S/C17H18N2O6S2/c1-24-11-5-3-9(7-12(11)25-2)8-13-15(21)19(17(26)27-13)10(16(22)23)4-6-14(18)20/h3,5,7-8,10H,4,6H2,1-2H3,(H2,18,20)(H,22,23)/b13-8-. The van der Waals surface area contributed by atoms with Crippen LogP contribution in [-0.4, -0.2) is 52.4 Å². The number of amides is 2. The molecule has 2 amide bonds. The highest BCUT2D eigenvalue weighted by Crippen LogP contribution is 2.36. The van der Waals surface area contributed by atoms with Gasteiger partial charge in [-0.25, -0.2) is 4.79 Å². The molecular formula is C17H18N2O6S2. The number of carbonyl (C=O) groups excluding carboxylic acids is 2. The monoisotopic (exact) mass is 410 g/mol. The van der Waals surface area contributed by atoms with Crippen molar-refractivity contribution in [3.63, 3.8) is 0 Å². The minimum Gasteiger partial charge on any atom is -0.493 e. The molecule has 144 valence electrons. The van der Waals surface area contributed by atoms with E-state index in [9.17, 15) is 19.5 Å². The van der Waals surface area contributed by atoms with E-state index in [-0.39, 0.29) is 22.1 Å². The largest absolute Gasteiger partial charge is 0.493 e. The summed E-state index contributed by atoms with van der Waals surface area (Å²) < 4.78 is 10.5. The van der Waals surface area contributed by atoms with Crippen molar-refractivity contribution in [2.24, 2.45) is 5.73 Å². The molecule has 10 heteroatoms. The summed E-state index contributed by atoms with van der Waals surface area (Å²) in [5.74, 6) is -1.39. The average molecular weight is 410 g/mol. The Kier molecular flexibility index (Phi) is 6.81. The lowest BCUT2D eigenvalue weighted by Gasteiger charge is -2.22. The predicted molar refractivity (Wildman–Crippen MR) is 104 cm³/mol. The van der Waals surface area contributed by atoms with Crippen LogP contribution in [0.4, 0.5) is 0 Å². The van der Waals surface area contributed by atoms with E-state index in [4.69, 9.17) is 27.4 Å². The smallest absolute Gasteiger partial charge is 0.326 e. The molecule has 1 atom stereocenters. The number of primary amides is 1. The fourth-order valence-corrected chi connectivity index (χ4v) is 3.84. The topological polar surface area (TPSA) is 119 Å². The highest BCUT2D eigenvalue weighted by atomic mass is 32.2. The number of benzene rings is 1. The van der Waals surface area contributed by atoms with Crippen LogP contribution in [0.1, 0.15) is 18.4 Å². The van der Waals surface area contributed by atoms with E-state index in [0.29, 0.717) is 17.1 Å². The molecule has 1 saturated heterocycles. The van der Waals surface area contributed by atoms with Gasteiger partial charge in [-0.05, 0) is 30.2 Å². The van der Waals surface area contributed by atoms with Gasteiger partial charge >= 0.3 is 5.97 Å². The molecule has 8 nitrogen and oxygen atoms in total. The molecule has 1 fully saturated rings. The number of hydrogen-bond acceptors (Lipinski definition) is 7. The molecule has 0 bridgehead atoms. The van der Waals surface area contributed by atoms with Crippen LogP contribution in [0.15, 0.2) is 23.1 Å². The number of methoxy groups -OCH3 is 2. The number of carboxylic acid groups (broad SMARTS) is 1. The number of hydrogen-bond donors (Lipinski definition) is 2. The number of thioether (sulfide) groups is 1. The third-order valence-electron chi connectivity index (χ3n) is 3.79. The molecule has 1 aliphatic rings. The first kappa shape index (κ1) is 20.7. The number of ether oxygens (including phenoxy) is 2. The second-order valence-corrected chi connectivity index (χ2v) is 7.20. The second kappa shape index (κ2) is 8.87. The highest BCUT2D eigenvalue weighted by Gasteiger charge is 2.40. The van der Waals surface area contributed by atoms with E-state index >= 15 is 0 Å². The minimum absolute atomic E-state index is 0.110. The van der Waals surface area contributed by atoms with Gasteiger partial charge in [0, 0.05) is 6.42 Å². The first-order chi connectivity index (χ1) is 12.8. The first-order valence-electron chi connectivity index (χ1n) is 7.78. The van der Waals surface area contributed by atoms with Gasteiger partial charge in [-0.2, -0.15) is 0 Å². The molecule has 1 heterocycles. The summed E-state index contributed by atoms with van der Waals surface area (Å²) in [7, 11) is 3.01. The molecule has 2 rings (SSSR count). The van der Waals surface area contributed by atoms with Crippen LogP contribution < -0.4 is 15.2 Å². The zero-order chi connectivity index (χ0) is 20.1. The van der Waals surface area contributed by atoms with Gasteiger partial charge in [0.05, 0.1) is 19.1 Å². The van der Waals surface area contributed by atoms with Crippen molar-refractivity contribution in [1.29, 1.82) is 0 Å². The van der Waals surface area contributed by atoms with Gasteiger partial charge in [0.25, 0.3) is 5.91 Å². The van der Waals surface area contributed by atoms with Gasteiger partial charge in [0.15, 0.2) is 11.5 Å². The van der Waals surface area contributed by atoms with Gasteiger partial charge in [0.2, 0.25) is 5.91 Å². The van der Waals surface area contributed by atoms with E-state index in [2.05, 4.69) is 0 Å². The molecule has 1 aromatic rings. The number of aliphatic carboxylic acids is 1. The van der Waals surface area contributed by atoms with Crippen LogP contribution in [0.5, 0.6) is 11.5 Å². The summed E-state index contributed by atoms with van der Waals surface area (Å²) in [6.07, 6.45) is 1.32. The number of nitrogens with zero attached hydrogens (tertiary/aromatic N) is 1.